The van der Waals surface area contributed by atoms with Gasteiger partial charge in [-0.1, -0.05) is 26.8 Å². The van der Waals surface area contributed by atoms with Crippen LogP contribution in [-0.2, 0) is 9.53 Å². The maximum atomic E-state index is 12.6. The molecule has 0 saturated heterocycles. The largest absolute Gasteiger partial charge is 0.379 e. The van der Waals surface area contributed by atoms with Crippen molar-refractivity contribution < 1.29 is 9.53 Å². The van der Waals surface area contributed by atoms with E-state index in [1.807, 2.05) is 24.4 Å². The van der Waals surface area contributed by atoms with Crippen LogP contribution in [0.3, 0.4) is 0 Å². The predicted molar refractivity (Wildman–Crippen MR) is 98.7 cm³/mol. The standard InChI is InChI=1S/C16H24N4O2S2/c1-10(14(21)17-9-12(22-5)16(2,3)4)20-13(18-19-15(20)23)11-7-6-8-24-11/h6-8,10,12H,9H2,1-5H3,(H,17,21)(H,19,23). The number of rotatable bonds is 6. The molecule has 2 N–H and O–H groups in total. The Kier molecular flexibility index (Phi) is 5.95. The Balaban J connectivity index is 2.15. The lowest BCUT2D eigenvalue weighted by atomic mass is 9.89. The molecule has 0 radical (unpaired) electrons. The number of carbonyl (C=O) groups excluding carboxylic acids is 1. The highest BCUT2D eigenvalue weighted by Gasteiger charge is 2.27. The summed E-state index contributed by atoms with van der Waals surface area (Å²) in [4.78, 5) is 13.6. The lowest BCUT2D eigenvalue weighted by Crippen LogP contribution is -2.42. The van der Waals surface area contributed by atoms with E-state index in [0.717, 1.165) is 4.88 Å². The van der Waals surface area contributed by atoms with Crippen LogP contribution in [0.25, 0.3) is 10.7 Å². The van der Waals surface area contributed by atoms with E-state index >= 15 is 0 Å². The number of amides is 1. The highest BCUT2D eigenvalue weighted by Crippen LogP contribution is 2.26. The van der Waals surface area contributed by atoms with Gasteiger partial charge < -0.3 is 10.1 Å². The number of hydrogen-bond donors (Lipinski definition) is 2. The van der Waals surface area contributed by atoms with E-state index in [1.165, 1.54) is 0 Å². The summed E-state index contributed by atoms with van der Waals surface area (Å²) in [6, 6.07) is 3.43. The van der Waals surface area contributed by atoms with Crippen molar-refractivity contribution in [2.24, 2.45) is 5.41 Å². The molecule has 0 spiro atoms. The third-order valence-corrected chi connectivity index (χ3v) is 5.08. The van der Waals surface area contributed by atoms with E-state index in [2.05, 4.69) is 36.3 Å². The fourth-order valence-corrected chi connectivity index (χ4v) is 3.45. The third kappa shape index (κ3) is 4.12. The Bertz CT molecular complexity index is 728. The molecule has 2 heterocycles. The van der Waals surface area contributed by atoms with E-state index < -0.39 is 6.04 Å². The van der Waals surface area contributed by atoms with E-state index in [-0.39, 0.29) is 17.4 Å². The predicted octanol–water partition coefficient (Wildman–Crippen LogP) is 3.41. The molecule has 132 valence electrons. The molecule has 0 saturated carbocycles. The average Bonchev–Trinajstić information content (AvgIpc) is 3.14. The summed E-state index contributed by atoms with van der Waals surface area (Å²) in [6.07, 6.45) is -0.0669. The Labute approximate surface area is 151 Å². The minimum Gasteiger partial charge on any atom is -0.379 e. The quantitative estimate of drug-likeness (QED) is 0.767. The molecule has 2 aromatic rings. The van der Waals surface area contributed by atoms with Crippen molar-refractivity contribution in [1.82, 2.24) is 20.1 Å². The summed E-state index contributed by atoms with van der Waals surface area (Å²) < 4.78 is 7.66. The number of nitrogens with one attached hydrogen (secondary N) is 2. The molecule has 0 aliphatic carbocycles. The molecule has 0 aromatic carbocycles. The first kappa shape index (κ1) is 18.8. The number of aromatic amines is 1. The van der Waals surface area contributed by atoms with Gasteiger partial charge in [-0.3, -0.25) is 14.5 Å². The number of carbonyl (C=O) groups is 1. The number of H-pyrrole nitrogens is 1. The lowest BCUT2D eigenvalue weighted by molar-refractivity contribution is -0.124. The van der Waals surface area contributed by atoms with Gasteiger partial charge in [0.05, 0.1) is 11.0 Å². The first-order chi connectivity index (χ1) is 11.3. The van der Waals surface area contributed by atoms with Crippen molar-refractivity contribution in [3.05, 3.63) is 22.3 Å². The van der Waals surface area contributed by atoms with Crippen molar-refractivity contribution in [3.8, 4) is 10.7 Å². The number of methoxy groups -OCH3 is 1. The first-order valence-electron chi connectivity index (χ1n) is 7.77. The molecule has 0 aliphatic rings. The van der Waals surface area contributed by atoms with Gasteiger partial charge in [-0.25, -0.2) is 0 Å². The highest BCUT2D eigenvalue weighted by molar-refractivity contribution is 7.71. The van der Waals surface area contributed by atoms with Crippen LogP contribution in [0.5, 0.6) is 0 Å². The highest BCUT2D eigenvalue weighted by atomic mass is 32.1. The van der Waals surface area contributed by atoms with Gasteiger partial charge in [0.1, 0.15) is 6.04 Å². The van der Waals surface area contributed by atoms with Crippen LogP contribution in [0.1, 0.15) is 33.7 Å². The second-order valence-electron chi connectivity index (χ2n) is 6.71. The van der Waals surface area contributed by atoms with Gasteiger partial charge in [0, 0.05) is 13.7 Å². The summed E-state index contributed by atoms with van der Waals surface area (Å²) in [5.41, 5.74) is -0.0562. The van der Waals surface area contributed by atoms with Crippen LogP contribution in [0.4, 0.5) is 0 Å². The van der Waals surface area contributed by atoms with Crippen molar-refractivity contribution >= 4 is 29.5 Å². The van der Waals surface area contributed by atoms with Crippen LogP contribution < -0.4 is 5.32 Å². The van der Waals surface area contributed by atoms with Crippen LogP contribution in [0, 0.1) is 10.2 Å². The van der Waals surface area contributed by atoms with Gasteiger partial charge >= 0.3 is 0 Å². The zero-order valence-electron chi connectivity index (χ0n) is 14.6. The molecule has 0 aliphatic heterocycles. The van der Waals surface area contributed by atoms with Gasteiger partial charge in [0.15, 0.2) is 10.6 Å². The number of aromatic nitrogens is 3. The number of thiophene rings is 1. The fraction of sp³-hybridized carbons (Fsp3) is 0.562. The summed E-state index contributed by atoms with van der Waals surface area (Å²) >= 11 is 6.86. The minimum absolute atomic E-state index is 0.0562. The minimum atomic E-state index is -0.467. The van der Waals surface area contributed by atoms with Crippen molar-refractivity contribution in [2.75, 3.05) is 13.7 Å². The second-order valence-corrected chi connectivity index (χ2v) is 8.05. The normalized spacial score (nSPS) is 14.4. The van der Waals surface area contributed by atoms with Crippen molar-refractivity contribution in [3.63, 3.8) is 0 Å². The average molecular weight is 369 g/mol. The topological polar surface area (TPSA) is 71.9 Å². The van der Waals surface area contributed by atoms with Crippen LogP contribution in [0.15, 0.2) is 17.5 Å². The zero-order valence-corrected chi connectivity index (χ0v) is 16.3. The molecule has 24 heavy (non-hydrogen) atoms. The molecule has 2 aromatic heterocycles. The fourth-order valence-electron chi connectivity index (χ4n) is 2.44. The second kappa shape index (κ2) is 7.58. The van der Waals surface area contributed by atoms with Gasteiger partial charge in [-0.15, -0.1) is 11.3 Å². The molecule has 2 rings (SSSR count). The lowest BCUT2D eigenvalue weighted by Gasteiger charge is -2.30. The number of nitrogens with zero attached hydrogens (tertiary/aromatic N) is 2. The summed E-state index contributed by atoms with van der Waals surface area (Å²) in [5, 5.41) is 12.0. The third-order valence-electron chi connectivity index (χ3n) is 3.92. The van der Waals surface area contributed by atoms with E-state index in [1.54, 1.807) is 23.0 Å². The zero-order chi connectivity index (χ0) is 17.9. The van der Waals surface area contributed by atoms with Crippen LogP contribution in [-0.4, -0.2) is 40.4 Å². The summed E-state index contributed by atoms with van der Waals surface area (Å²) in [6.45, 7) is 8.51. The Morgan fingerprint density at radius 3 is 2.79 bits per heavy atom. The Hall–Kier alpha value is -1.51. The summed E-state index contributed by atoms with van der Waals surface area (Å²) in [5.74, 6) is 0.563. The van der Waals surface area contributed by atoms with E-state index in [9.17, 15) is 4.79 Å². The first-order valence-corrected chi connectivity index (χ1v) is 9.05. The van der Waals surface area contributed by atoms with Gasteiger partial charge in [-0.05, 0) is 36.0 Å². The van der Waals surface area contributed by atoms with Gasteiger partial charge in [-0.2, -0.15) is 5.10 Å². The maximum Gasteiger partial charge on any atom is 0.243 e. The number of ether oxygens (including phenoxy) is 1. The molecule has 0 fully saturated rings. The number of hydrogen-bond acceptors (Lipinski definition) is 5. The van der Waals surface area contributed by atoms with Crippen molar-refractivity contribution in [1.29, 1.82) is 0 Å². The Morgan fingerprint density at radius 1 is 1.54 bits per heavy atom. The van der Waals surface area contributed by atoms with Crippen molar-refractivity contribution in [2.45, 2.75) is 39.8 Å². The molecule has 2 unspecified atom stereocenters. The summed E-state index contributed by atoms with van der Waals surface area (Å²) in [7, 11) is 1.66. The molecule has 2 atom stereocenters. The maximum absolute atomic E-state index is 12.6. The van der Waals surface area contributed by atoms with Gasteiger partial charge in [0.25, 0.3) is 0 Å². The molecular weight excluding hydrogens is 344 g/mol. The molecule has 0 bridgehead atoms. The SMILES string of the molecule is COC(CNC(=O)C(C)n1c(-c2cccs2)n[nH]c1=S)C(C)(C)C. The smallest absolute Gasteiger partial charge is 0.243 e. The molecule has 8 heteroatoms. The van der Waals surface area contributed by atoms with Crippen LogP contribution in [0.2, 0.25) is 0 Å². The molecule has 6 nitrogen and oxygen atoms in total. The van der Waals surface area contributed by atoms with E-state index in [4.69, 9.17) is 17.0 Å². The van der Waals surface area contributed by atoms with Crippen LogP contribution >= 0.6 is 23.6 Å². The molecular formula is C16H24N4O2S2. The molecule has 1 amide bonds. The monoisotopic (exact) mass is 368 g/mol. The van der Waals surface area contributed by atoms with Gasteiger partial charge in [0.2, 0.25) is 5.91 Å². The van der Waals surface area contributed by atoms with E-state index in [0.29, 0.717) is 17.1 Å². The Morgan fingerprint density at radius 2 is 2.25 bits per heavy atom.